The van der Waals surface area contributed by atoms with Gasteiger partial charge < -0.3 is 10.5 Å². The highest BCUT2D eigenvalue weighted by Crippen LogP contribution is 2.29. The Balaban J connectivity index is 1.74. The molecule has 0 heterocycles. The van der Waals surface area contributed by atoms with Crippen LogP contribution in [0.4, 0.5) is 0 Å². The predicted octanol–water partition coefficient (Wildman–Crippen LogP) is 2.88. The molecule has 0 amide bonds. The molecule has 1 saturated carbocycles. The van der Waals surface area contributed by atoms with Gasteiger partial charge in [0.1, 0.15) is 0 Å². The number of hydrogen-bond acceptors (Lipinski definition) is 2. The van der Waals surface area contributed by atoms with E-state index in [9.17, 15) is 0 Å². The number of ether oxygens (including phenoxy) is 1. The first-order valence-corrected chi connectivity index (χ1v) is 6.68. The molecule has 1 aliphatic carbocycles. The highest BCUT2D eigenvalue weighted by atomic mass is 35.5. The zero-order valence-electron chi connectivity index (χ0n) is 10.1. The maximum Gasteiger partial charge on any atom is 0.0509 e. The second-order valence-electron chi connectivity index (χ2n) is 4.91. The lowest BCUT2D eigenvalue weighted by molar-refractivity contribution is 0.0934. The van der Waals surface area contributed by atoms with Crippen LogP contribution in [0.3, 0.4) is 0 Å². The Morgan fingerprint density at radius 1 is 1.29 bits per heavy atom. The summed E-state index contributed by atoms with van der Waals surface area (Å²) in [6.45, 7) is 2.36. The smallest absolute Gasteiger partial charge is 0.0509 e. The van der Waals surface area contributed by atoms with Crippen molar-refractivity contribution in [2.45, 2.75) is 19.3 Å². The summed E-state index contributed by atoms with van der Waals surface area (Å²) in [7, 11) is 0. The molecule has 0 aromatic heterocycles. The van der Waals surface area contributed by atoms with Crippen LogP contribution in [0.15, 0.2) is 24.3 Å². The quantitative estimate of drug-likeness (QED) is 0.811. The van der Waals surface area contributed by atoms with Gasteiger partial charge in [0.15, 0.2) is 0 Å². The van der Waals surface area contributed by atoms with Crippen LogP contribution >= 0.6 is 11.6 Å². The molecular formula is C14H20ClNO. The third-order valence-electron chi connectivity index (χ3n) is 3.17. The first-order valence-electron chi connectivity index (χ1n) is 6.30. The predicted molar refractivity (Wildman–Crippen MR) is 71.2 cm³/mol. The van der Waals surface area contributed by atoms with Gasteiger partial charge in [-0.1, -0.05) is 23.7 Å². The van der Waals surface area contributed by atoms with Crippen LogP contribution in [0.25, 0.3) is 0 Å². The molecule has 1 aliphatic rings. The number of benzene rings is 1. The third-order valence-corrected chi connectivity index (χ3v) is 3.43. The fourth-order valence-electron chi connectivity index (χ4n) is 1.85. The molecular weight excluding hydrogens is 234 g/mol. The Labute approximate surface area is 108 Å². The van der Waals surface area contributed by atoms with Gasteiger partial charge in [0.2, 0.25) is 0 Å². The summed E-state index contributed by atoms with van der Waals surface area (Å²) in [5, 5.41) is 0.781. The maximum absolute atomic E-state index is 5.86. The van der Waals surface area contributed by atoms with Crippen LogP contribution in [-0.4, -0.2) is 19.8 Å². The zero-order chi connectivity index (χ0) is 12.1. The molecule has 1 unspecified atom stereocenters. The van der Waals surface area contributed by atoms with Gasteiger partial charge in [0, 0.05) is 11.6 Å². The van der Waals surface area contributed by atoms with E-state index in [0.717, 1.165) is 30.6 Å². The van der Waals surface area contributed by atoms with Crippen molar-refractivity contribution in [3.8, 4) is 0 Å². The van der Waals surface area contributed by atoms with Crippen molar-refractivity contribution in [1.29, 1.82) is 0 Å². The molecule has 2 rings (SSSR count). The number of hydrogen-bond donors (Lipinski definition) is 1. The monoisotopic (exact) mass is 253 g/mol. The van der Waals surface area contributed by atoms with Crippen molar-refractivity contribution in [3.63, 3.8) is 0 Å². The average molecular weight is 254 g/mol. The fourth-order valence-corrected chi connectivity index (χ4v) is 1.98. The van der Waals surface area contributed by atoms with Crippen molar-refractivity contribution in [1.82, 2.24) is 0 Å². The largest absolute Gasteiger partial charge is 0.381 e. The van der Waals surface area contributed by atoms with E-state index in [4.69, 9.17) is 22.1 Å². The molecule has 0 aliphatic heterocycles. The summed E-state index contributed by atoms with van der Waals surface area (Å²) in [5.74, 6) is 1.24. The summed E-state index contributed by atoms with van der Waals surface area (Å²) in [6.07, 6.45) is 3.65. The minimum Gasteiger partial charge on any atom is -0.381 e. The lowest BCUT2D eigenvalue weighted by Crippen LogP contribution is -2.22. The van der Waals surface area contributed by atoms with Crippen LogP contribution in [-0.2, 0) is 11.2 Å². The van der Waals surface area contributed by atoms with Gasteiger partial charge in [-0.05, 0) is 55.3 Å². The van der Waals surface area contributed by atoms with Gasteiger partial charge in [-0.3, -0.25) is 0 Å². The molecule has 17 heavy (non-hydrogen) atoms. The summed E-state index contributed by atoms with van der Waals surface area (Å²) >= 11 is 5.86. The molecule has 0 radical (unpaired) electrons. The minimum atomic E-state index is 0.412. The highest BCUT2D eigenvalue weighted by Gasteiger charge is 2.21. The Hall–Kier alpha value is -0.570. The average Bonchev–Trinajstić information content (AvgIpc) is 3.14. The van der Waals surface area contributed by atoms with E-state index in [1.807, 2.05) is 12.1 Å². The van der Waals surface area contributed by atoms with Crippen molar-refractivity contribution < 1.29 is 4.74 Å². The SMILES string of the molecule is NCC(COCC1CC1)Cc1ccc(Cl)cc1. The fraction of sp³-hybridized carbons (Fsp3) is 0.571. The molecule has 1 atom stereocenters. The van der Waals surface area contributed by atoms with Crippen molar-refractivity contribution in [3.05, 3.63) is 34.9 Å². The molecule has 2 N–H and O–H groups in total. The molecule has 0 spiro atoms. The Bertz CT molecular complexity index is 335. The van der Waals surface area contributed by atoms with Gasteiger partial charge in [0.25, 0.3) is 0 Å². The number of halogens is 1. The molecule has 3 heteroatoms. The molecule has 94 valence electrons. The summed E-state index contributed by atoms with van der Waals surface area (Å²) in [6, 6.07) is 7.98. The Morgan fingerprint density at radius 2 is 2.00 bits per heavy atom. The van der Waals surface area contributed by atoms with E-state index in [2.05, 4.69) is 12.1 Å². The molecule has 1 fully saturated rings. The van der Waals surface area contributed by atoms with Crippen molar-refractivity contribution in [2.24, 2.45) is 17.6 Å². The van der Waals surface area contributed by atoms with E-state index in [-0.39, 0.29) is 0 Å². The number of nitrogens with two attached hydrogens (primary N) is 1. The van der Waals surface area contributed by atoms with E-state index in [1.165, 1.54) is 18.4 Å². The van der Waals surface area contributed by atoms with Crippen LogP contribution < -0.4 is 5.73 Å². The summed E-state index contributed by atoms with van der Waals surface area (Å²) < 4.78 is 5.70. The van der Waals surface area contributed by atoms with Gasteiger partial charge in [-0.25, -0.2) is 0 Å². The Morgan fingerprint density at radius 3 is 2.59 bits per heavy atom. The molecule has 0 saturated heterocycles. The molecule has 2 nitrogen and oxygen atoms in total. The van der Waals surface area contributed by atoms with Crippen molar-refractivity contribution >= 4 is 11.6 Å². The highest BCUT2D eigenvalue weighted by molar-refractivity contribution is 6.30. The Kier molecular flexibility index (Phi) is 4.84. The second kappa shape index (κ2) is 6.39. The molecule has 1 aromatic carbocycles. The third kappa shape index (κ3) is 4.66. The van der Waals surface area contributed by atoms with Crippen LogP contribution in [0.1, 0.15) is 18.4 Å². The van der Waals surface area contributed by atoms with E-state index in [0.29, 0.717) is 12.5 Å². The lowest BCUT2D eigenvalue weighted by atomic mass is 10.0. The molecule has 0 bridgehead atoms. The minimum absolute atomic E-state index is 0.412. The summed E-state index contributed by atoms with van der Waals surface area (Å²) in [5.41, 5.74) is 7.05. The van der Waals surface area contributed by atoms with E-state index >= 15 is 0 Å². The van der Waals surface area contributed by atoms with Gasteiger partial charge >= 0.3 is 0 Å². The second-order valence-corrected chi connectivity index (χ2v) is 5.35. The zero-order valence-corrected chi connectivity index (χ0v) is 10.8. The van der Waals surface area contributed by atoms with Crippen LogP contribution in [0.2, 0.25) is 5.02 Å². The maximum atomic E-state index is 5.86. The standard InChI is InChI=1S/C14H20ClNO/c15-14-5-3-11(4-6-14)7-13(8-16)10-17-9-12-1-2-12/h3-6,12-13H,1-2,7-10,16H2. The van der Waals surface area contributed by atoms with E-state index in [1.54, 1.807) is 0 Å². The molecule has 1 aromatic rings. The van der Waals surface area contributed by atoms with Gasteiger partial charge in [-0.2, -0.15) is 0 Å². The van der Waals surface area contributed by atoms with Crippen LogP contribution in [0, 0.1) is 11.8 Å². The van der Waals surface area contributed by atoms with Crippen LogP contribution in [0.5, 0.6) is 0 Å². The van der Waals surface area contributed by atoms with Gasteiger partial charge in [0.05, 0.1) is 6.61 Å². The first-order chi connectivity index (χ1) is 8.28. The van der Waals surface area contributed by atoms with E-state index < -0.39 is 0 Å². The number of rotatable bonds is 7. The van der Waals surface area contributed by atoms with Crippen molar-refractivity contribution in [2.75, 3.05) is 19.8 Å². The van der Waals surface area contributed by atoms with Gasteiger partial charge in [-0.15, -0.1) is 0 Å². The topological polar surface area (TPSA) is 35.2 Å². The first kappa shape index (κ1) is 12.9. The lowest BCUT2D eigenvalue weighted by Gasteiger charge is -2.15. The summed E-state index contributed by atoms with van der Waals surface area (Å²) in [4.78, 5) is 0. The normalized spacial score (nSPS) is 17.1.